The maximum absolute atomic E-state index is 12.3. The number of carbonyl (C=O) groups excluding carboxylic acids is 2. The van der Waals surface area contributed by atoms with E-state index in [9.17, 15) is 9.59 Å². The fraction of sp³-hybridized carbons (Fsp3) is 0.579. The average Bonchev–Trinajstić information content (AvgIpc) is 2.84. The number of nitrogens with zero attached hydrogens (tertiary/aromatic N) is 2. The first-order valence-electron chi connectivity index (χ1n) is 9.36. The average molecular weight is 342 g/mol. The summed E-state index contributed by atoms with van der Waals surface area (Å²) in [6.07, 6.45) is 3.19. The number of imide groups is 1. The molecule has 2 N–H and O–H groups in total. The van der Waals surface area contributed by atoms with Gasteiger partial charge in [0, 0.05) is 44.8 Å². The number of hydrogen-bond donors (Lipinski definition) is 2. The van der Waals surface area contributed by atoms with Gasteiger partial charge >= 0.3 is 0 Å². The minimum atomic E-state index is -0.175. The van der Waals surface area contributed by atoms with E-state index in [1.807, 2.05) is 0 Å². The van der Waals surface area contributed by atoms with Crippen LogP contribution in [0.3, 0.4) is 0 Å². The lowest BCUT2D eigenvalue weighted by atomic mass is 10.0. The zero-order valence-electron chi connectivity index (χ0n) is 14.6. The Morgan fingerprint density at radius 3 is 2.64 bits per heavy atom. The molecule has 2 saturated heterocycles. The summed E-state index contributed by atoms with van der Waals surface area (Å²) in [4.78, 5) is 28.4. The highest BCUT2D eigenvalue weighted by atomic mass is 16.2. The Morgan fingerprint density at radius 1 is 1.00 bits per heavy atom. The van der Waals surface area contributed by atoms with Crippen molar-refractivity contribution in [1.82, 2.24) is 15.5 Å². The molecule has 6 nitrogen and oxygen atoms in total. The summed E-state index contributed by atoms with van der Waals surface area (Å²) < 4.78 is 0. The number of aryl methyl sites for hydroxylation is 1. The Bertz CT molecular complexity index is 669. The molecule has 0 saturated carbocycles. The molecule has 1 aromatic rings. The largest absolute Gasteiger partial charge is 0.369 e. The Kier molecular flexibility index (Phi) is 4.72. The van der Waals surface area contributed by atoms with E-state index in [1.54, 1.807) is 0 Å². The van der Waals surface area contributed by atoms with Crippen LogP contribution >= 0.6 is 0 Å². The van der Waals surface area contributed by atoms with Crippen molar-refractivity contribution < 1.29 is 9.59 Å². The Morgan fingerprint density at radius 2 is 1.84 bits per heavy atom. The molecular weight excluding hydrogens is 316 g/mol. The molecule has 4 rings (SSSR count). The van der Waals surface area contributed by atoms with Gasteiger partial charge in [-0.2, -0.15) is 0 Å². The molecule has 2 amide bonds. The van der Waals surface area contributed by atoms with Crippen molar-refractivity contribution in [1.29, 1.82) is 0 Å². The summed E-state index contributed by atoms with van der Waals surface area (Å²) in [7, 11) is 0. The van der Waals surface area contributed by atoms with Crippen LogP contribution in [0.5, 0.6) is 0 Å². The summed E-state index contributed by atoms with van der Waals surface area (Å²) in [6, 6.07) is 6.64. The molecule has 25 heavy (non-hydrogen) atoms. The molecule has 0 unspecified atom stereocenters. The second-order valence-electron chi connectivity index (χ2n) is 7.23. The van der Waals surface area contributed by atoms with E-state index >= 15 is 0 Å². The summed E-state index contributed by atoms with van der Waals surface area (Å²) in [5.74, 6) is -0.268. The number of nitrogens with one attached hydrogen (secondary N) is 2. The van der Waals surface area contributed by atoms with Crippen LogP contribution in [0.15, 0.2) is 18.2 Å². The van der Waals surface area contributed by atoms with Crippen LogP contribution < -0.4 is 15.5 Å². The predicted octanol–water partition coefficient (Wildman–Crippen LogP) is 0.650. The van der Waals surface area contributed by atoms with E-state index in [0.717, 1.165) is 52.1 Å². The monoisotopic (exact) mass is 342 g/mol. The number of piperazine rings is 1. The zero-order valence-corrected chi connectivity index (χ0v) is 14.6. The van der Waals surface area contributed by atoms with Gasteiger partial charge in [0.25, 0.3) is 0 Å². The smallest absolute Gasteiger partial charge is 0.243 e. The summed E-state index contributed by atoms with van der Waals surface area (Å²) >= 11 is 0. The van der Waals surface area contributed by atoms with Gasteiger partial charge in [0.2, 0.25) is 11.8 Å². The minimum absolute atomic E-state index is 0.127. The molecule has 3 aliphatic rings. The Hall–Kier alpha value is -1.92. The normalized spacial score (nSPS) is 25.3. The first-order chi connectivity index (χ1) is 12.2. The van der Waals surface area contributed by atoms with Gasteiger partial charge in [-0.05, 0) is 49.1 Å². The molecule has 0 bridgehead atoms. The SMILES string of the molecule is O=C1CC[C@H](N2CCCc3ccc(N4CCNCC4)cc3C2)C(=O)N1. The van der Waals surface area contributed by atoms with Crippen LogP contribution in [-0.4, -0.2) is 55.5 Å². The molecule has 3 aliphatic heterocycles. The van der Waals surface area contributed by atoms with E-state index in [2.05, 4.69) is 38.6 Å². The number of benzene rings is 1. The van der Waals surface area contributed by atoms with E-state index in [-0.39, 0.29) is 17.9 Å². The topological polar surface area (TPSA) is 64.7 Å². The van der Waals surface area contributed by atoms with Crippen LogP contribution in [0.1, 0.15) is 30.4 Å². The molecule has 3 heterocycles. The fourth-order valence-electron chi connectivity index (χ4n) is 4.19. The van der Waals surface area contributed by atoms with Crippen molar-refractivity contribution in [3.8, 4) is 0 Å². The highest BCUT2D eigenvalue weighted by molar-refractivity contribution is 6.00. The van der Waals surface area contributed by atoms with Crippen molar-refractivity contribution in [2.75, 3.05) is 37.6 Å². The lowest BCUT2D eigenvalue weighted by Gasteiger charge is -2.33. The molecule has 1 aromatic carbocycles. The molecular formula is C19H26N4O2. The molecule has 0 spiro atoms. The fourth-order valence-corrected chi connectivity index (χ4v) is 4.19. The van der Waals surface area contributed by atoms with Crippen LogP contribution in [0.25, 0.3) is 0 Å². The zero-order chi connectivity index (χ0) is 17.2. The first-order valence-corrected chi connectivity index (χ1v) is 9.36. The van der Waals surface area contributed by atoms with Gasteiger partial charge in [-0.3, -0.25) is 19.8 Å². The van der Waals surface area contributed by atoms with Crippen LogP contribution in [0.4, 0.5) is 5.69 Å². The summed E-state index contributed by atoms with van der Waals surface area (Å²) in [5, 5.41) is 5.89. The second-order valence-corrected chi connectivity index (χ2v) is 7.23. The van der Waals surface area contributed by atoms with E-state index in [4.69, 9.17) is 0 Å². The third kappa shape index (κ3) is 3.55. The third-order valence-electron chi connectivity index (χ3n) is 5.59. The lowest BCUT2D eigenvalue weighted by Crippen LogP contribution is -2.52. The highest BCUT2D eigenvalue weighted by Crippen LogP contribution is 2.27. The van der Waals surface area contributed by atoms with Crippen molar-refractivity contribution >= 4 is 17.5 Å². The van der Waals surface area contributed by atoms with Crippen molar-refractivity contribution in [2.45, 2.75) is 38.3 Å². The first kappa shape index (κ1) is 16.5. The van der Waals surface area contributed by atoms with E-state index in [0.29, 0.717) is 12.8 Å². The molecule has 0 aromatic heterocycles. The quantitative estimate of drug-likeness (QED) is 0.773. The molecule has 0 radical (unpaired) electrons. The van der Waals surface area contributed by atoms with Gasteiger partial charge < -0.3 is 10.2 Å². The predicted molar refractivity (Wildman–Crippen MR) is 96.4 cm³/mol. The van der Waals surface area contributed by atoms with Gasteiger partial charge in [0.1, 0.15) is 0 Å². The van der Waals surface area contributed by atoms with Gasteiger partial charge in [0.05, 0.1) is 6.04 Å². The van der Waals surface area contributed by atoms with Gasteiger partial charge in [-0.1, -0.05) is 6.07 Å². The number of fused-ring (bicyclic) bond motifs is 1. The lowest BCUT2D eigenvalue weighted by molar-refractivity contribution is -0.137. The van der Waals surface area contributed by atoms with Crippen molar-refractivity contribution in [3.63, 3.8) is 0 Å². The number of anilines is 1. The number of amides is 2. The maximum atomic E-state index is 12.3. The molecule has 134 valence electrons. The van der Waals surface area contributed by atoms with Gasteiger partial charge in [0.15, 0.2) is 0 Å². The summed E-state index contributed by atoms with van der Waals surface area (Å²) in [5.41, 5.74) is 4.01. The maximum Gasteiger partial charge on any atom is 0.243 e. The van der Waals surface area contributed by atoms with Crippen LogP contribution in [-0.2, 0) is 22.6 Å². The van der Waals surface area contributed by atoms with Gasteiger partial charge in [-0.25, -0.2) is 0 Å². The van der Waals surface area contributed by atoms with Crippen molar-refractivity contribution in [3.05, 3.63) is 29.3 Å². The molecule has 0 aliphatic carbocycles. The van der Waals surface area contributed by atoms with E-state index < -0.39 is 0 Å². The third-order valence-corrected chi connectivity index (χ3v) is 5.59. The minimum Gasteiger partial charge on any atom is -0.369 e. The number of hydrogen-bond acceptors (Lipinski definition) is 5. The Labute approximate surface area is 148 Å². The number of piperidine rings is 1. The van der Waals surface area contributed by atoms with E-state index in [1.165, 1.54) is 16.8 Å². The number of rotatable bonds is 2. The standard InChI is InChI=1S/C19H26N4O2/c24-18-6-5-17(19(25)21-18)23-9-1-2-14-3-4-16(12-15(14)13-23)22-10-7-20-8-11-22/h3-4,12,17,20H,1-2,5-11,13H2,(H,21,24,25)/t17-/m0/s1. The second kappa shape index (κ2) is 7.14. The Balaban J connectivity index is 1.54. The molecule has 1 atom stereocenters. The summed E-state index contributed by atoms with van der Waals surface area (Å²) in [6.45, 7) is 5.83. The highest BCUT2D eigenvalue weighted by Gasteiger charge is 2.32. The molecule has 6 heteroatoms. The van der Waals surface area contributed by atoms with Crippen LogP contribution in [0, 0.1) is 0 Å². The van der Waals surface area contributed by atoms with Crippen molar-refractivity contribution in [2.24, 2.45) is 0 Å². The van der Waals surface area contributed by atoms with Crippen LogP contribution in [0.2, 0.25) is 0 Å². The van der Waals surface area contributed by atoms with Gasteiger partial charge in [-0.15, -0.1) is 0 Å². The molecule has 2 fully saturated rings. The number of carbonyl (C=O) groups is 2.